The third-order valence-corrected chi connectivity index (χ3v) is 3.20. The van der Waals surface area contributed by atoms with Gasteiger partial charge in [0.05, 0.1) is 5.54 Å². The van der Waals surface area contributed by atoms with E-state index >= 15 is 0 Å². The average Bonchev–Trinajstić information content (AvgIpc) is 3.17. The lowest BCUT2D eigenvalue weighted by atomic mass is 10.3. The molecule has 3 heteroatoms. The zero-order valence-electron chi connectivity index (χ0n) is 10.7. The number of benzene rings is 2. The maximum absolute atomic E-state index is 6.00. The molecule has 2 aromatic rings. The van der Waals surface area contributed by atoms with Crippen LogP contribution in [0.3, 0.4) is 0 Å². The molecule has 3 nitrogen and oxygen atoms in total. The van der Waals surface area contributed by atoms with Gasteiger partial charge in [0.2, 0.25) is 0 Å². The Kier molecular flexibility index (Phi) is 3.13. The van der Waals surface area contributed by atoms with Gasteiger partial charge in [0.1, 0.15) is 23.9 Å². The van der Waals surface area contributed by atoms with Gasteiger partial charge in [-0.25, -0.2) is 0 Å². The highest BCUT2D eigenvalue weighted by atomic mass is 16.5. The SMILES string of the molecule is NC1(COc2cccc(Oc3ccccc3)c2)CC1. The summed E-state index contributed by atoms with van der Waals surface area (Å²) >= 11 is 0. The summed E-state index contributed by atoms with van der Waals surface area (Å²) in [6, 6.07) is 17.3. The summed E-state index contributed by atoms with van der Waals surface area (Å²) in [5.41, 5.74) is 5.90. The molecule has 0 bridgehead atoms. The van der Waals surface area contributed by atoms with Gasteiger partial charge in [-0.05, 0) is 37.1 Å². The molecule has 0 amide bonds. The quantitative estimate of drug-likeness (QED) is 0.891. The van der Waals surface area contributed by atoms with Crippen LogP contribution in [0.25, 0.3) is 0 Å². The number of hydrogen-bond acceptors (Lipinski definition) is 3. The molecule has 1 saturated carbocycles. The molecule has 3 rings (SSSR count). The minimum atomic E-state index is -0.101. The van der Waals surface area contributed by atoms with Crippen molar-refractivity contribution in [3.8, 4) is 17.2 Å². The summed E-state index contributed by atoms with van der Waals surface area (Å²) in [4.78, 5) is 0. The Morgan fingerprint density at radius 2 is 1.58 bits per heavy atom. The maximum Gasteiger partial charge on any atom is 0.131 e. The van der Waals surface area contributed by atoms with Crippen molar-refractivity contribution in [3.05, 3.63) is 54.6 Å². The fourth-order valence-electron chi connectivity index (χ4n) is 1.78. The fraction of sp³-hybridized carbons (Fsp3) is 0.250. The minimum Gasteiger partial charge on any atom is -0.492 e. The summed E-state index contributed by atoms with van der Waals surface area (Å²) in [6.07, 6.45) is 2.10. The summed E-state index contributed by atoms with van der Waals surface area (Å²) < 4.78 is 11.5. The highest BCUT2D eigenvalue weighted by Gasteiger charge is 2.39. The Bertz CT molecular complexity index is 550. The van der Waals surface area contributed by atoms with E-state index < -0.39 is 0 Å². The lowest BCUT2D eigenvalue weighted by Gasteiger charge is -2.12. The predicted octanol–water partition coefficient (Wildman–Crippen LogP) is 3.35. The van der Waals surface area contributed by atoms with Crippen molar-refractivity contribution >= 4 is 0 Å². The molecule has 1 aliphatic carbocycles. The lowest BCUT2D eigenvalue weighted by Crippen LogP contribution is -2.29. The molecule has 0 saturated heterocycles. The van der Waals surface area contributed by atoms with Crippen molar-refractivity contribution in [2.45, 2.75) is 18.4 Å². The molecule has 0 spiro atoms. The molecule has 0 aromatic heterocycles. The topological polar surface area (TPSA) is 44.5 Å². The molecular formula is C16H17NO2. The van der Waals surface area contributed by atoms with Crippen LogP contribution in [0.15, 0.2) is 54.6 Å². The molecular weight excluding hydrogens is 238 g/mol. The summed E-state index contributed by atoms with van der Waals surface area (Å²) in [6.45, 7) is 0.571. The van der Waals surface area contributed by atoms with Gasteiger partial charge in [-0.1, -0.05) is 24.3 Å². The second-order valence-electron chi connectivity index (χ2n) is 5.04. The van der Waals surface area contributed by atoms with Crippen LogP contribution < -0.4 is 15.2 Å². The zero-order valence-corrected chi connectivity index (χ0v) is 10.7. The monoisotopic (exact) mass is 255 g/mol. The molecule has 2 N–H and O–H groups in total. The van der Waals surface area contributed by atoms with E-state index in [1.165, 1.54) is 0 Å². The van der Waals surface area contributed by atoms with Crippen molar-refractivity contribution in [2.75, 3.05) is 6.61 Å². The Morgan fingerprint density at radius 3 is 2.32 bits per heavy atom. The van der Waals surface area contributed by atoms with Gasteiger partial charge in [0.25, 0.3) is 0 Å². The normalized spacial score (nSPS) is 15.8. The zero-order chi connectivity index (χ0) is 13.1. The maximum atomic E-state index is 6.00. The summed E-state index contributed by atoms with van der Waals surface area (Å²) in [7, 11) is 0. The number of rotatable bonds is 5. The number of ether oxygens (including phenoxy) is 2. The van der Waals surface area contributed by atoms with Crippen molar-refractivity contribution in [2.24, 2.45) is 5.73 Å². The van der Waals surface area contributed by atoms with Gasteiger partial charge in [-0.15, -0.1) is 0 Å². The van der Waals surface area contributed by atoms with E-state index in [0.717, 1.165) is 30.1 Å². The molecule has 0 aliphatic heterocycles. The second-order valence-corrected chi connectivity index (χ2v) is 5.04. The van der Waals surface area contributed by atoms with Crippen LogP contribution in [0, 0.1) is 0 Å². The summed E-state index contributed by atoms with van der Waals surface area (Å²) in [5.74, 6) is 2.38. The van der Waals surface area contributed by atoms with Crippen LogP contribution in [0.5, 0.6) is 17.2 Å². The van der Waals surface area contributed by atoms with Crippen LogP contribution in [-0.2, 0) is 0 Å². The Hall–Kier alpha value is -2.00. The van der Waals surface area contributed by atoms with Crippen molar-refractivity contribution in [1.29, 1.82) is 0 Å². The highest BCUT2D eigenvalue weighted by Crippen LogP contribution is 2.33. The minimum absolute atomic E-state index is 0.101. The van der Waals surface area contributed by atoms with E-state index in [2.05, 4.69) is 0 Å². The first-order valence-electron chi connectivity index (χ1n) is 6.48. The first-order chi connectivity index (χ1) is 9.23. The van der Waals surface area contributed by atoms with Gasteiger partial charge in [-0.3, -0.25) is 0 Å². The van der Waals surface area contributed by atoms with Crippen molar-refractivity contribution in [1.82, 2.24) is 0 Å². The van der Waals surface area contributed by atoms with E-state index in [1.807, 2.05) is 54.6 Å². The van der Waals surface area contributed by atoms with E-state index in [4.69, 9.17) is 15.2 Å². The largest absolute Gasteiger partial charge is 0.492 e. The van der Waals surface area contributed by atoms with Gasteiger partial charge in [0.15, 0.2) is 0 Å². The van der Waals surface area contributed by atoms with Gasteiger partial charge in [-0.2, -0.15) is 0 Å². The van der Waals surface area contributed by atoms with E-state index in [1.54, 1.807) is 0 Å². The van der Waals surface area contributed by atoms with E-state index in [0.29, 0.717) is 6.61 Å². The van der Waals surface area contributed by atoms with Gasteiger partial charge >= 0.3 is 0 Å². The van der Waals surface area contributed by atoms with Gasteiger partial charge < -0.3 is 15.2 Å². The van der Waals surface area contributed by atoms with Crippen LogP contribution in [-0.4, -0.2) is 12.1 Å². The molecule has 0 radical (unpaired) electrons. The molecule has 0 heterocycles. The van der Waals surface area contributed by atoms with Crippen LogP contribution in [0.4, 0.5) is 0 Å². The van der Waals surface area contributed by atoms with Crippen molar-refractivity contribution < 1.29 is 9.47 Å². The Morgan fingerprint density at radius 1 is 0.895 bits per heavy atom. The van der Waals surface area contributed by atoms with Crippen molar-refractivity contribution in [3.63, 3.8) is 0 Å². The standard InChI is InChI=1S/C16H17NO2/c17-16(9-10-16)12-18-14-7-4-8-15(11-14)19-13-5-2-1-3-6-13/h1-8,11H,9-10,12,17H2. The average molecular weight is 255 g/mol. The molecule has 0 atom stereocenters. The van der Waals surface area contributed by atoms with Crippen LogP contribution in [0.2, 0.25) is 0 Å². The number of para-hydroxylation sites is 1. The molecule has 2 aromatic carbocycles. The second kappa shape index (κ2) is 4.94. The van der Waals surface area contributed by atoms with E-state index in [-0.39, 0.29) is 5.54 Å². The Labute approximate surface area is 113 Å². The number of hydrogen-bond donors (Lipinski definition) is 1. The molecule has 1 fully saturated rings. The highest BCUT2D eigenvalue weighted by molar-refractivity contribution is 5.36. The molecule has 0 unspecified atom stereocenters. The lowest BCUT2D eigenvalue weighted by molar-refractivity contribution is 0.278. The Balaban J connectivity index is 1.65. The first-order valence-corrected chi connectivity index (χ1v) is 6.48. The number of nitrogens with two attached hydrogens (primary N) is 1. The fourth-order valence-corrected chi connectivity index (χ4v) is 1.78. The van der Waals surface area contributed by atoms with Crippen LogP contribution >= 0.6 is 0 Å². The van der Waals surface area contributed by atoms with E-state index in [9.17, 15) is 0 Å². The third-order valence-electron chi connectivity index (χ3n) is 3.20. The molecule has 98 valence electrons. The van der Waals surface area contributed by atoms with Crippen LogP contribution in [0.1, 0.15) is 12.8 Å². The smallest absolute Gasteiger partial charge is 0.131 e. The third kappa shape index (κ3) is 3.26. The first kappa shape index (κ1) is 12.1. The summed E-state index contributed by atoms with van der Waals surface area (Å²) in [5, 5.41) is 0. The molecule has 1 aliphatic rings. The predicted molar refractivity (Wildman–Crippen MR) is 74.6 cm³/mol. The van der Waals surface area contributed by atoms with Gasteiger partial charge in [0, 0.05) is 6.07 Å². The molecule has 19 heavy (non-hydrogen) atoms.